The smallest absolute Gasteiger partial charge is 0.260 e. The molecular weight excluding hydrogens is 252 g/mol. The Morgan fingerprint density at radius 3 is 2.56 bits per heavy atom. The fourth-order valence-electron chi connectivity index (χ4n) is 1.38. The molecular formula is C13H21ClN2O2. The summed E-state index contributed by atoms with van der Waals surface area (Å²) >= 11 is 0. The molecule has 1 aromatic rings. The Balaban J connectivity index is 0.00000289. The molecule has 0 saturated carbocycles. The van der Waals surface area contributed by atoms with E-state index in [4.69, 9.17) is 4.74 Å². The molecule has 18 heavy (non-hydrogen) atoms. The van der Waals surface area contributed by atoms with Crippen molar-refractivity contribution in [3.63, 3.8) is 0 Å². The summed E-state index contributed by atoms with van der Waals surface area (Å²) < 4.78 is 5.51. The van der Waals surface area contributed by atoms with E-state index in [0.717, 1.165) is 13.0 Å². The van der Waals surface area contributed by atoms with Crippen molar-refractivity contribution >= 4 is 18.3 Å². The maximum absolute atomic E-state index is 11.7. The minimum absolute atomic E-state index is 0. The number of nitrogens with one attached hydrogen (secondary N) is 2. The van der Waals surface area contributed by atoms with Crippen molar-refractivity contribution in [3.05, 3.63) is 30.3 Å². The first kappa shape index (κ1) is 16.7. The van der Waals surface area contributed by atoms with E-state index in [1.165, 1.54) is 0 Å². The quantitative estimate of drug-likeness (QED) is 0.742. The van der Waals surface area contributed by atoms with Gasteiger partial charge < -0.3 is 15.4 Å². The molecule has 5 heteroatoms. The summed E-state index contributed by atoms with van der Waals surface area (Å²) in [5.41, 5.74) is 0. The SMILES string of the molecule is CNCCCNC(=O)C(C)Oc1ccccc1.Cl. The summed E-state index contributed by atoms with van der Waals surface area (Å²) in [5, 5.41) is 5.86. The first-order valence-corrected chi connectivity index (χ1v) is 5.88. The van der Waals surface area contributed by atoms with Crippen LogP contribution in [0.2, 0.25) is 0 Å². The highest BCUT2D eigenvalue weighted by molar-refractivity contribution is 5.85. The average molecular weight is 273 g/mol. The lowest BCUT2D eigenvalue weighted by Gasteiger charge is -2.14. The third-order valence-electron chi connectivity index (χ3n) is 2.33. The molecule has 0 heterocycles. The summed E-state index contributed by atoms with van der Waals surface area (Å²) in [7, 11) is 1.89. The molecule has 1 amide bonds. The van der Waals surface area contributed by atoms with Gasteiger partial charge in [-0.05, 0) is 39.1 Å². The third-order valence-corrected chi connectivity index (χ3v) is 2.33. The first-order chi connectivity index (χ1) is 8.24. The monoisotopic (exact) mass is 272 g/mol. The van der Waals surface area contributed by atoms with E-state index in [-0.39, 0.29) is 18.3 Å². The van der Waals surface area contributed by atoms with Crippen molar-refractivity contribution < 1.29 is 9.53 Å². The fraction of sp³-hybridized carbons (Fsp3) is 0.462. The zero-order valence-corrected chi connectivity index (χ0v) is 11.6. The number of carbonyl (C=O) groups is 1. The van der Waals surface area contributed by atoms with E-state index in [2.05, 4.69) is 10.6 Å². The van der Waals surface area contributed by atoms with Crippen molar-refractivity contribution in [2.45, 2.75) is 19.4 Å². The van der Waals surface area contributed by atoms with E-state index < -0.39 is 6.10 Å². The van der Waals surface area contributed by atoms with Gasteiger partial charge >= 0.3 is 0 Å². The van der Waals surface area contributed by atoms with Gasteiger partial charge in [-0.3, -0.25) is 4.79 Å². The second kappa shape index (κ2) is 9.74. The highest BCUT2D eigenvalue weighted by Gasteiger charge is 2.13. The van der Waals surface area contributed by atoms with Gasteiger partial charge in [0.15, 0.2) is 6.10 Å². The lowest BCUT2D eigenvalue weighted by atomic mass is 10.3. The molecule has 1 atom stereocenters. The maximum atomic E-state index is 11.7. The number of amides is 1. The van der Waals surface area contributed by atoms with Crippen LogP contribution < -0.4 is 15.4 Å². The molecule has 1 rings (SSSR count). The summed E-state index contributed by atoms with van der Waals surface area (Å²) in [6.07, 6.45) is 0.451. The van der Waals surface area contributed by atoms with Crippen molar-refractivity contribution in [1.82, 2.24) is 10.6 Å². The van der Waals surface area contributed by atoms with Gasteiger partial charge in [0.2, 0.25) is 0 Å². The highest BCUT2D eigenvalue weighted by Crippen LogP contribution is 2.10. The van der Waals surface area contributed by atoms with Crippen LogP contribution in [0, 0.1) is 0 Å². The van der Waals surface area contributed by atoms with Crippen LogP contribution in [0.15, 0.2) is 30.3 Å². The number of hydrogen-bond donors (Lipinski definition) is 2. The molecule has 0 bridgehead atoms. The van der Waals surface area contributed by atoms with Crippen LogP contribution in [0.5, 0.6) is 5.75 Å². The summed E-state index contributed by atoms with van der Waals surface area (Å²) in [4.78, 5) is 11.7. The van der Waals surface area contributed by atoms with Gasteiger partial charge in [0.05, 0.1) is 0 Å². The Morgan fingerprint density at radius 2 is 1.94 bits per heavy atom. The molecule has 1 unspecified atom stereocenters. The van der Waals surface area contributed by atoms with Gasteiger partial charge in [0.1, 0.15) is 5.75 Å². The molecule has 0 aliphatic heterocycles. The summed E-state index contributed by atoms with van der Waals surface area (Å²) in [6.45, 7) is 3.32. The van der Waals surface area contributed by atoms with Gasteiger partial charge in [-0.25, -0.2) is 0 Å². The predicted molar refractivity (Wildman–Crippen MR) is 75.3 cm³/mol. The molecule has 1 aromatic carbocycles. The molecule has 0 fully saturated rings. The Kier molecular flexibility index (Phi) is 9.06. The molecule has 2 N–H and O–H groups in total. The van der Waals surface area contributed by atoms with Gasteiger partial charge in [-0.1, -0.05) is 18.2 Å². The third kappa shape index (κ3) is 6.47. The van der Waals surface area contributed by atoms with E-state index >= 15 is 0 Å². The van der Waals surface area contributed by atoms with E-state index in [9.17, 15) is 4.79 Å². The molecule has 0 aliphatic carbocycles. The van der Waals surface area contributed by atoms with Crippen LogP contribution in [-0.4, -0.2) is 32.1 Å². The number of benzene rings is 1. The number of rotatable bonds is 7. The van der Waals surface area contributed by atoms with Gasteiger partial charge in [0.25, 0.3) is 5.91 Å². The molecule has 102 valence electrons. The van der Waals surface area contributed by atoms with Crippen LogP contribution in [0.1, 0.15) is 13.3 Å². The van der Waals surface area contributed by atoms with E-state index in [0.29, 0.717) is 12.3 Å². The first-order valence-electron chi connectivity index (χ1n) is 5.88. The Hall–Kier alpha value is -1.26. The van der Waals surface area contributed by atoms with Gasteiger partial charge in [0, 0.05) is 6.54 Å². The van der Waals surface area contributed by atoms with Crippen LogP contribution in [0.25, 0.3) is 0 Å². The largest absolute Gasteiger partial charge is 0.481 e. The maximum Gasteiger partial charge on any atom is 0.260 e. The standard InChI is InChI=1S/C13H20N2O2.ClH/c1-11(13(16)15-10-6-9-14-2)17-12-7-4-3-5-8-12;/h3-5,7-8,11,14H,6,9-10H2,1-2H3,(H,15,16);1H. The number of hydrogen-bond acceptors (Lipinski definition) is 3. The summed E-state index contributed by atoms with van der Waals surface area (Å²) in [5.74, 6) is 0.635. The number of ether oxygens (including phenoxy) is 1. The Morgan fingerprint density at radius 1 is 1.28 bits per heavy atom. The van der Waals surface area contributed by atoms with Gasteiger partial charge in [-0.2, -0.15) is 0 Å². The lowest BCUT2D eigenvalue weighted by Crippen LogP contribution is -2.37. The van der Waals surface area contributed by atoms with Crippen molar-refractivity contribution in [2.75, 3.05) is 20.1 Å². The van der Waals surface area contributed by atoms with Crippen LogP contribution in [0.4, 0.5) is 0 Å². The van der Waals surface area contributed by atoms with Crippen LogP contribution in [0.3, 0.4) is 0 Å². The molecule has 4 nitrogen and oxygen atoms in total. The molecule has 0 saturated heterocycles. The second-order valence-electron chi connectivity index (χ2n) is 3.82. The second-order valence-corrected chi connectivity index (χ2v) is 3.82. The molecule has 0 radical (unpaired) electrons. The highest BCUT2D eigenvalue weighted by atomic mass is 35.5. The van der Waals surface area contributed by atoms with Gasteiger partial charge in [-0.15, -0.1) is 12.4 Å². The van der Waals surface area contributed by atoms with Crippen molar-refractivity contribution in [2.24, 2.45) is 0 Å². The summed E-state index contributed by atoms with van der Waals surface area (Å²) in [6, 6.07) is 9.35. The minimum Gasteiger partial charge on any atom is -0.481 e. The Bertz CT molecular complexity index is 333. The Labute approximate surface area is 115 Å². The zero-order valence-electron chi connectivity index (χ0n) is 10.8. The van der Waals surface area contributed by atoms with E-state index in [1.54, 1.807) is 6.92 Å². The van der Waals surface area contributed by atoms with Crippen molar-refractivity contribution in [3.8, 4) is 5.75 Å². The zero-order chi connectivity index (χ0) is 12.5. The lowest BCUT2D eigenvalue weighted by molar-refractivity contribution is -0.127. The number of para-hydroxylation sites is 1. The van der Waals surface area contributed by atoms with Crippen molar-refractivity contribution in [1.29, 1.82) is 0 Å². The number of carbonyl (C=O) groups excluding carboxylic acids is 1. The molecule has 0 aliphatic rings. The van der Waals surface area contributed by atoms with E-state index in [1.807, 2.05) is 37.4 Å². The average Bonchev–Trinajstić information content (AvgIpc) is 2.35. The molecule has 0 aromatic heterocycles. The minimum atomic E-state index is -0.466. The fourth-order valence-corrected chi connectivity index (χ4v) is 1.38. The topological polar surface area (TPSA) is 50.4 Å². The normalized spacial score (nSPS) is 11.2. The number of halogens is 1. The molecule has 0 spiro atoms. The van der Waals surface area contributed by atoms with Crippen LogP contribution >= 0.6 is 12.4 Å². The van der Waals surface area contributed by atoms with Crippen LogP contribution in [-0.2, 0) is 4.79 Å². The predicted octanol–water partition coefficient (Wildman–Crippen LogP) is 1.60.